The molecule has 1 N–H and O–H groups in total. The molecule has 0 radical (unpaired) electrons. The number of H-pyrrole nitrogens is 1. The molecule has 2 aromatic rings. The lowest BCUT2D eigenvalue weighted by atomic mass is 9.97. The van der Waals surface area contributed by atoms with Gasteiger partial charge in [-0.3, -0.25) is 9.89 Å². The van der Waals surface area contributed by atoms with Gasteiger partial charge in [-0.25, -0.2) is 0 Å². The summed E-state index contributed by atoms with van der Waals surface area (Å²) in [5.74, 6) is 0.189. The van der Waals surface area contributed by atoms with E-state index in [1.165, 1.54) is 16.7 Å². The van der Waals surface area contributed by atoms with Crippen LogP contribution in [0.4, 0.5) is 0 Å². The zero-order valence-corrected chi connectivity index (χ0v) is 12.9. The summed E-state index contributed by atoms with van der Waals surface area (Å²) in [5, 5.41) is 7.11. The van der Waals surface area contributed by atoms with Crippen LogP contribution in [0.3, 0.4) is 0 Å². The zero-order chi connectivity index (χ0) is 15.0. The Kier molecular flexibility index (Phi) is 3.53. The van der Waals surface area contributed by atoms with Gasteiger partial charge in [0.15, 0.2) is 0 Å². The molecule has 3 rings (SSSR count). The summed E-state index contributed by atoms with van der Waals surface area (Å²) in [4.78, 5) is 14.5. The summed E-state index contributed by atoms with van der Waals surface area (Å²) in [6.07, 6.45) is 1.39. The molecular formula is C17H21N3O. The number of carbonyl (C=O) groups is 1. The molecule has 1 aliphatic rings. The van der Waals surface area contributed by atoms with Crippen LogP contribution in [0, 0.1) is 20.8 Å². The van der Waals surface area contributed by atoms with E-state index < -0.39 is 0 Å². The van der Waals surface area contributed by atoms with E-state index in [0.717, 1.165) is 36.5 Å². The van der Waals surface area contributed by atoms with Crippen LogP contribution in [0.1, 0.15) is 33.6 Å². The van der Waals surface area contributed by atoms with Crippen molar-refractivity contribution in [1.82, 2.24) is 15.1 Å². The van der Waals surface area contributed by atoms with Gasteiger partial charge in [-0.05, 0) is 38.3 Å². The first-order valence-electron chi connectivity index (χ1n) is 7.41. The largest absolute Gasteiger partial charge is 0.338 e. The van der Waals surface area contributed by atoms with Crippen LogP contribution >= 0.6 is 0 Å². The number of carbonyl (C=O) groups excluding carboxylic acids is 1. The van der Waals surface area contributed by atoms with Crippen molar-refractivity contribution in [3.8, 4) is 0 Å². The molecule has 21 heavy (non-hydrogen) atoms. The molecule has 0 unspecified atom stereocenters. The Morgan fingerprint density at radius 3 is 2.81 bits per heavy atom. The average molecular weight is 283 g/mol. The topological polar surface area (TPSA) is 49.0 Å². The maximum atomic E-state index is 12.5. The van der Waals surface area contributed by atoms with Crippen molar-refractivity contribution in [1.29, 1.82) is 0 Å². The number of aromatic nitrogens is 2. The lowest BCUT2D eigenvalue weighted by Crippen LogP contribution is -2.37. The predicted octanol–water partition coefficient (Wildman–Crippen LogP) is 2.46. The molecule has 0 aliphatic carbocycles. The highest BCUT2D eigenvalue weighted by Crippen LogP contribution is 2.21. The van der Waals surface area contributed by atoms with Crippen molar-refractivity contribution < 1.29 is 4.79 Å². The third kappa shape index (κ3) is 2.71. The first kappa shape index (κ1) is 13.9. The second kappa shape index (κ2) is 5.35. The fraction of sp³-hybridized carbons (Fsp3) is 0.412. The van der Waals surface area contributed by atoms with E-state index in [1.54, 1.807) is 0 Å². The Labute approximate surface area is 125 Å². The number of aromatic amines is 1. The molecule has 0 fully saturated rings. The molecule has 0 atom stereocenters. The van der Waals surface area contributed by atoms with Crippen LogP contribution in [0.2, 0.25) is 0 Å². The molecule has 0 saturated carbocycles. The molecule has 1 amide bonds. The van der Waals surface area contributed by atoms with Gasteiger partial charge >= 0.3 is 0 Å². The molecule has 0 spiro atoms. The summed E-state index contributed by atoms with van der Waals surface area (Å²) >= 11 is 0. The third-order valence-corrected chi connectivity index (χ3v) is 4.34. The van der Waals surface area contributed by atoms with Gasteiger partial charge in [0, 0.05) is 24.3 Å². The molecule has 1 aromatic carbocycles. The molecule has 1 aliphatic heterocycles. The fourth-order valence-electron chi connectivity index (χ4n) is 2.99. The first-order chi connectivity index (χ1) is 10.0. The summed E-state index contributed by atoms with van der Waals surface area (Å²) in [5.41, 5.74) is 6.91. The van der Waals surface area contributed by atoms with Crippen LogP contribution in [-0.4, -0.2) is 27.5 Å². The minimum Gasteiger partial charge on any atom is -0.338 e. The standard InChI is InChI=1S/C17H21N3O/c1-11-4-5-15-10-20(7-6-14(15)8-11)17(21)9-16-12(2)18-19-13(16)3/h4-5,8H,6-7,9-10H2,1-3H3,(H,18,19). The highest BCUT2D eigenvalue weighted by Gasteiger charge is 2.22. The first-order valence-corrected chi connectivity index (χ1v) is 7.41. The minimum absolute atomic E-state index is 0.189. The molecule has 1 aromatic heterocycles. The van der Waals surface area contributed by atoms with Crippen molar-refractivity contribution in [3.05, 3.63) is 51.8 Å². The Morgan fingerprint density at radius 2 is 2.10 bits per heavy atom. The van der Waals surface area contributed by atoms with Gasteiger partial charge in [-0.1, -0.05) is 23.8 Å². The second-order valence-electron chi connectivity index (χ2n) is 5.93. The van der Waals surface area contributed by atoms with E-state index in [1.807, 2.05) is 18.7 Å². The van der Waals surface area contributed by atoms with Crippen molar-refractivity contribution in [2.24, 2.45) is 0 Å². The van der Waals surface area contributed by atoms with Crippen LogP contribution in [-0.2, 0) is 24.2 Å². The smallest absolute Gasteiger partial charge is 0.227 e. The SMILES string of the molecule is Cc1ccc2c(c1)CCN(C(=O)Cc1c(C)n[nH]c1C)C2. The van der Waals surface area contributed by atoms with E-state index in [0.29, 0.717) is 6.42 Å². The van der Waals surface area contributed by atoms with Crippen molar-refractivity contribution in [2.45, 2.75) is 40.2 Å². The van der Waals surface area contributed by atoms with Crippen LogP contribution in [0.15, 0.2) is 18.2 Å². The van der Waals surface area contributed by atoms with E-state index >= 15 is 0 Å². The van der Waals surface area contributed by atoms with Gasteiger partial charge in [0.05, 0.1) is 12.1 Å². The summed E-state index contributed by atoms with van der Waals surface area (Å²) in [6, 6.07) is 6.51. The zero-order valence-electron chi connectivity index (χ0n) is 12.9. The number of hydrogen-bond donors (Lipinski definition) is 1. The number of fused-ring (bicyclic) bond motifs is 1. The monoisotopic (exact) mass is 283 g/mol. The maximum absolute atomic E-state index is 12.5. The molecule has 0 saturated heterocycles. The van der Waals surface area contributed by atoms with Gasteiger partial charge in [-0.15, -0.1) is 0 Å². The van der Waals surface area contributed by atoms with Gasteiger partial charge in [-0.2, -0.15) is 5.10 Å². The number of amides is 1. The predicted molar refractivity (Wildman–Crippen MR) is 82.1 cm³/mol. The second-order valence-corrected chi connectivity index (χ2v) is 5.93. The lowest BCUT2D eigenvalue weighted by Gasteiger charge is -2.29. The molecule has 110 valence electrons. The number of nitrogens with zero attached hydrogens (tertiary/aromatic N) is 2. The molecule has 0 bridgehead atoms. The number of benzene rings is 1. The Hall–Kier alpha value is -2.10. The third-order valence-electron chi connectivity index (χ3n) is 4.34. The van der Waals surface area contributed by atoms with Gasteiger partial charge in [0.2, 0.25) is 5.91 Å². The van der Waals surface area contributed by atoms with E-state index in [9.17, 15) is 4.79 Å². The highest BCUT2D eigenvalue weighted by atomic mass is 16.2. The normalized spacial score (nSPS) is 14.1. The van der Waals surface area contributed by atoms with Crippen LogP contribution in [0.5, 0.6) is 0 Å². The maximum Gasteiger partial charge on any atom is 0.227 e. The van der Waals surface area contributed by atoms with Gasteiger partial charge in [0.1, 0.15) is 0 Å². The number of nitrogens with one attached hydrogen (secondary N) is 1. The molecular weight excluding hydrogens is 262 g/mol. The Balaban J connectivity index is 1.74. The summed E-state index contributed by atoms with van der Waals surface area (Å²) < 4.78 is 0. The summed E-state index contributed by atoms with van der Waals surface area (Å²) in [6.45, 7) is 7.56. The molecule has 2 heterocycles. The van der Waals surface area contributed by atoms with E-state index in [-0.39, 0.29) is 5.91 Å². The Bertz CT molecular complexity index is 668. The van der Waals surface area contributed by atoms with Crippen molar-refractivity contribution in [2.75, 3.05) is 6.54 Å². The quantitative estimate of drug-likeness (QED) is 0.920. The Morgan fingerprint density at radius 1 is 1.29 bits per heavy atom. The average Bonchev–Trinajstić information content (AvgIpc) is 2.78. The lowest BCUT2D eigenvalue weighted by molar-refractivity contribution is -0.131. The number of hydrogen-bond acceptors (Lipinski definition) is 2. The van der Waals surface area contributed by atoms with Crippen molar-refractivity contribution >= 4 is 5.91 Å². The summed E-state index contributed by atoms with van der Waals surface area (Å²) in [7, 11) is 0. The minimum atomic E-state index is 0.189. The number of rotatable bonds is 2. The number of aryl methyl sites for hydroxylation is 3. The van der Waals surface area contributed by atoms with Crippen LogP contribution in [0.25, 0.3) is 0 Å². The van der Waals surface area contributed by atoms with Crippen molar-refractivity contribution in [3.63, 3.8) is 0 Å². The molecule has 4 heteroatoms. The van der Waals surface area contributed by atoms with E-state index in [2.05, 4.69) is 35.3 Å². The van der Waals surface area contributed by atoms with Gasteiger partial charge < -0.3 is 4.90 Å². The molecule has 4 nitrogen and oxygen atoms in total. The fourth-order valence-corrected chi connectivity index (χ4v) is 2.99. The highest BCUT2D eigenvalue weighted by molar-refractivity contribution is 5.79. The van der Waals surface area contributed by atoms with E-state index in [4.69, 9.17) is 0 Å². The van der Waals surface area contributed by atoms with Crippen LogP contribution < -0.4 is 0 Å². The van der Waals surface area contributed by atoms with Gasteiger partial charge in [0.25, 0.3) is 0 Å².